The first kappa shape index (κ1) is 22.2. The Kier molecular flexibility index (Phi) is 6.49. The molecular weight excluding hydrogens is 428 g/mol. The zero-order valence-corrected chi connectivity index (χ0v) is 17.7. The van der Waals surface area contributed by atoms with Gasteiger partial charge in [0.25, 0.3) is 5.91 Å². The number of rotatable bonds is 7. The summed E-state index contributed by atoms with van der Waals surface area (Å²) in [5.41, 5.74) is 0.697. The fraction of sp³-hybridized carbons (Fsp3) is 0.304. The number of nitriles is 1. The molecule has 10 heteroatoms. The van der Waals surface area contributed by atoms with Crippen LogP contribution in [0.15, 0.2) is 48.8 Å². The lowest BCUT2D eigenvalue weighted by atomic mass is 9.77. The quantitative estimate of drug-likeness (QED) is 0.399. The maximum absolute atomic E-state index is 13.5. The van der Waals surface area contributed by atoms with Crippen molar-refractivity contribution in [3.8, 4) is 6.07 Å². The number of H-pyrrole nitrogens is 1. The Morgan fingerprint density at radius 2 is 2.03 bits per heavy atom. The predicted molar refractivity (Wildman–Crippen MR) is 119 cm³/mol. The Labute approximate surface area is 189 Å². The number of amides is 1. The van der Waals surface area contributed by atoms with Crippen LogP contribution in [-0.4, -0.2) is 32.7 Å². The number of carbonyl (C=O) groups excluding carboxylic acids is 1. The topological polar surface area (TPSA) is 119 Å². The summed E-state index contributed by atoms with van der Waals surface area (Å²) in [6, 6.07) is 11.4. The van der Waals surface area contributed by atoms with E-state index in [-0.39, 0.29) is 29.8 Å². The van der Waals surface area contributed by atoms with Crippen LogP contribution in [0.5, 0.6) is 0 Å². The molecule has 1 fully saturated rings. The molecule has 0 spiro atoms. The second-order valence-corrected chi connectivity index (χ2v) is 8.15. The van der Waals surface area contributed by atoms with Crippen molar-refractivity contribution in [2.24, 2.45) is 0 Å². The van der Waals surface area contributed by atoms with Crippen LogP contribution in [0, 0.1) is 23.1 Å². The minimum Gasteiger partial charge on any atom is -0.382 e. The van der Waals surface area contributed by atoms with E-state index in [0.29, 0.717) is 42.9 Å². The molecule has 2 heterocycles. The van der Waals surface area contributed by atoms with Gasteiger partial charge in [-0.15, -0.1) is 0 Å². The van der Waals surface area contributed by atoms with Gasteiger partial charge in [-0.3, -0.25) is 9.89 Å². The van der Waals surface area contributed by atoms with Gasteiger partial charge in [-0.25, -0.2) is 9.37 Å². The second-order valence-electron chi connectivity index (χ2n) is 8.15. The molecule has 2 aromatic heterocycles. The molecule has 3 aromatic rings. The Balaban J connectivity index is 1.42. The van der Waals surface area contributed by atoms with Crippen molar-refractivity contribution in [3.05, 3.63) is 66.1 Å². The van der Waals surface area contributed by atoms with E-state index < -0.39 is 11.5 Å². The standard InChI is InChI=1S/C23H23F2N7O/c24-15-2-1-3-17(12-15)29-16-4-7-23(8-5-16,9-10-26)31-22(33)19-14-28-32-21(19)30-18-6-11-27-20(25)13-18/h1-3,6,11-14,16,29H,4-5,7-9H2,(H,31,33)(H2,27,28,30,32). The summed E-state index contributed by atoms with van der Waals surface area (Å²) in [6.45, 7) is 0. The Morgan fingerprint density at radius 3 is 2.76 bits per heavy atom. The zero-order valence-electron chi connectivity index (χ0n) is 17.7. The molecule has 33 heavy (non-hydrogen) atoms. The van der Waals surface area contributed by atoms with Gasteiger partial charge in [-0.2, -0.15) is 14.8 Å². The van der Waals surface area contributed by atoms with Gasteiger partial charge >= 0.3 is 0 Å². The minimum absolute atomic E-state index is 0.114. The Morgan fingerprint density at radius 1 is 1.21 bits per heavy atom. The average Bonchev–Trinajstić information content (AvgIpc) is 3.24. The molecule has 0 bridgehead atoms. The van der Waals surface area contributed by atoms with Crippen LogP contribution in [0.2, 0.25) is 0 Å². The lowest BCUT2D eigenvalue weighted by molar-refractivity contribution is 0.0869. The Bertz CT molecular complexity index is 1170. The molecule has 0 radical (unpaired) electrons. The second kappa shape index (κ2) is 9.65. The third-order valence-corrected chi connectivity index (χ3v) is 5.81. The van der Waals surface area contributed by atoms with Crippen LogP contribution in [0.4, 0.5) is 26.0 Å². The van der Waals surface area contributed by atoms with E-state index in [1.54, 1.807) is 12.1 Å². The van der Waals surface area contributed by atoms with Crippen LogP contribution in [-0.2, 0) is 0 Å². The molecule has 0 saturated heterocycles. The maximum atomic E-state index is 13.5. The molecule has 4 N–H and O–H groups in total. The fourth-order valence-corrected chi connectivity index (χ4v) is 4.11. The predicted octanol–water partition coefficient (Wildman–Crippen LogP) is 4.26. The minimum atomic E-state index is -0.677. The lowest BCUT2D eigenvalue weighted by Crippen LogP contribution is -2.52. The van der Waals surface area contributed by atoms with Crippen molar-refractivity contribution in [2.45, 2.75) is 43.7 Å². The molecular formula is C23H23F2N7O. The molecule has 0 atom stereocenters. The number of hydrogen-bond donors (Lipinski definition) is 4. The Hall–Kier alpha value is -4.00. The SMILES string of the molecule is N#CCC1(NC(=O)c2cn[nH]c2Nc2ccnc(F)c2)CCC(Nc2cccc(F)c2)CC1. The van der Waals surface area contributed by atoms with Gasteiger partial charge in [0.15, 0.2) is 0 Å². The van der Waals surface area contributed by atoms with Gasteiger partial charge in [-0.1, -0.05) is 6.07 Å². The van der Waals surface area contributed by atoms with Gasteiger partial charge in [0, 0.05) is 29.7 Å². The summed E-state index contributed by atoms with van der Waals surface area (Å²) < 4.78 is 26.8. The van der Waals surface area contributed by atoms with Crippen molar-refractivity contribution in [3.63, 3.8) is 0 Å². The smallest absolute Gasteiger partial charge is 0.257 e. The van der Waals surface area contributed by atoms with Gasteiger partial charge in [0.2, 0.25) is 5.95 Å². The highest BCUT2D eigenvalue weighted by Crippen LogP contribution is 2.33. The van der Waals surface area contributed by atoms with Gasteiger partial charge < -0.3 is 16.0 Å². The zero-order chi connectivity index (χ0) is 23.3. The van der Waals surface area contributed by atoms with E-state index in [1.165, 1.54) is 30.6 Å². The van der Waals surface area contributed by atoms with E-state index in [4.69, 9.17) is 0 Å². The van der Waals surface area contributed by atoms with Gasteiger partial charge in [0.05, 0.1) is 24.2 Å². The van der Waals surface area contributed by atoms with E-state index in [9.17, 15) is 18.8 Å². The van der Waals surface area contributed by atoms with Crippen molar-refractivity contribution in [1.82, 2.24) is 20.5 Å². The average molecular weight is 451 g/mol. The molecule has 1 saturated carbocycles. The molecule has 1 aliphatic carbocycles. The number of nitrogens with one attached hydrogen (secondary N) is 4. The molecule has 1 amide bonds. The summed E-state index contributed by atoms with van der Waals surface area (Å²) in [5.74, 6) is -1.03. The first-order valence-electron chi connectivity index (χ1n) is 10.6. The van der Waals surface area contributed by atoms with Crippen molar-refractivity contribution in [1.29, 1.82) is 5.26 Å². The monoisotopic (exact) mass is 451 g/mol. The summed E-state index contributed by atoms with van der Waals surface area (Å²) in [4.78, 5) is 16.6. The summed E-state index contributed by atoms with van der Waals surface area (Å²) in [7, 11) is 0. The van der Waals surface area contributed by atoms with Crippen molar-refractivity contribution in [2.75, 3.05) is 10.6 Å². The van der Waals surface area contributed by atoms with E-state index in [2.05, 4.69) is 37.2 Å². The summed E-state index contributed by atoms with van der Waals surface area (Å²) >= 11 is 0. The fourth-order valence-electron chi connectivity index (χ4n) is 4.11. The number of aromatic nitrogens is 3. The molecule has 1 aliphatic rings. The highest BCUT2D eigenvalue weighted by Gasteiger charge is 2.37. The van der Waals surface area contributed by atoms with Gasteiger partial charge in [-0.05, 0) is 49.9 Å². The third-order valence-electron chi connectivity index (χ3n) is 5.81. The molecule has 1 aromatic carbocycles. The van der Waals surface area contributed by atoms with E-state index in [1.807, 2.05) is 6.07 Å². The normalized spacial score (nSPS) is 20.0. The maximum Gasteiger partial charge on any atom is 0.257 e. The number of aromatic amines is 1. The number of pyridine rings is 1. The number of benzene rings is 1. The highest BCUT2D eigenvalue weighted by atomic mass is 19.1. The molecule has 4 rings (SSSR count). The van der Waals surface area contributed by atoms with E-state index >= 15 is 0 Å². The van der Waals surface area contributed by atoms with Crippen molar-refractivity contribution < 1.29 is 13.6 Å². The van der Waals surface area contributed by atoms with Crippen LogP contribution in [0.1, 0.15) is 42.5 Å². The van der Waals surface area contributed by atoms with Crippen LogP contribution in [0.3, 0.4) is 0 Å². The summed E-state index contributed by atoms with van der Waals surface area (Å²) in [5, 5.41) is 25.3. The number of anilines is 3. The molecule has 8 nitrogen and oxygen atoms in total. The van der Waals surface area contributed by atoms with Crippen LogP contribution < -0.4 is 16.0 Å². The number of carbonyl (C=O) groups is 1. The number of nitrogens with zero attached hydrogens (tertiary/aromatic N) is 3. The number of halogens is 2. The van der Waals surface area contributed by atoms with E-state index in [0.717, 1.165) is 0 Å². The van der Waals surface area contributed by atoms with Crippen LogP contribution in [0.25, 0.3) is 0 Å². The molecule has 0 aliphatic heterocycles. The molecule has 170 valence electrons. The van der Waals surface area contributed by atoms with Gasteiger partial charge in [0.1, 0.15) is 17.2 Å². The highest BCUT2D eigenvalue weighted by molar-refractivity contribution is 5.99. The van der Waals surface area contributed by atoms with Crippen molar-refractivity contribution >= 4 is 23.1 Å². The summed E-state index contributed by atoms with van der Waals surface area (Å²) in [6.07, 6.45) is 5.47. The first-order valence-corrected chi connectivity index (χ1v) is 10.6. The lowest BCUT2D eigenvalue weighted by Gasteiger charge is -2.40. The number of hydrogen-bond acceptors (Lipinski definition) is 6. The first-order chi connectivity index (χ1) is 16.0. The van der Waals surface area contributed by atoms with Crippen LogP contribution >= 0.6 is 0 Å². The largest absolute Gasteiger partial charge is 0.382 e. The third kappa shape index (κ3) is 5.44. The molecule has 0 unspecified atom stereocenters.